The first-order chi connectivity index (χ1) is 7.97. The highest BCUT2D eigenvalue weighted by molar-refractivity contribution is 6.28. The Kier molecular flexibility index (Phi) is 5.01. The van der Waals surface area contributed by atoms with E-state index in [9.17, 15) is 0 Å². The predicted molar refractivity (Wildman–Crippen MR) is 76.6 cm³/mol. The van der Waals surface area contributed by atoms with Gasteiger partial charge in [0, 0.05) is 0 Å². The van der Waals surface area contributed by atoms with Crippen molar-refractivity contribution in [2.45, 2.75) is 39.5 Å². The molecule has 17 heavy (non-hydrogen) atoms. The second-order valence-electron chi connectivity index (χ2n) is 4.83. The number of alkyl halides is 1. The van der Waals surface area contributed by atoms with Crippen LogP contribution in [-0.4, -0.2) is 11.7 Å². The largest absolute Gasteiger partial charge is 0.386 e. The first kappa shape index (κ1) is 14.0. The number of benzene rings is 1. The van der Waals surface area contributed by atoms with Gasteiger partial charge in [-0.05, 0) is 23.0 Å². The summed E-state index contributed by atoms with van der Waals surface area (Å²) in [6, 6.07) is 6.30. The van der Waals surface area contributed by atoms with Gasteiger partial charge in [-0.15, -0.1) is 11.6 Å². The molecule has 2 nitrogen and oxygen atoms in total. The predicted octanol–water partition coefficient (Wildman–Crippen LogP) is 4.16. The molecule has 2 N–H and O–H groups in total. The fourth-order valence-electron chi connectivity index (χ4n) is 1.81. The van der Waals surface area contributed by atoms with E-state index < -0.39 is 0 Å². The summed E-state index contributed by atoms with van der Waals surface area (Å²) in [5, 5.41) is 0. The van der Waals surface area contributed by atoms with Crippen molar-refractivity contribution in [2.75, 3.05) is 5.88 Å². The maximum atomic E-state index is 5.76. The highest BCUT2D eigenvalue weighted by Gasteiger charge is 2.13. The van der Waals surface area contributed by atoms with Crippen molar-refractivity contribution in [1.82, 2.24) is 0 Å². The maximum absolute atomic E-state index is 5.76. The standard InChI is InChI=1S/C14H21ClN2/c1-9(2)11-6-5-7-12(10(3)4)14(11)17-13(16)8-15/h5-7,9-10H,8H2,1-4H3,(H2,16,17). The first-order valence-electron chi connectivity index (χ1n) is 5.99. The van der Waals surface area contributed by atoms with Crippen LogP contribution in [0.1, 0.15) is 50.7 Å². The van der Waals surface area contributed by atoms with Gasteiger partial charge in [0.2, 0.25) is 0 Å². The number of halogens is 1. The van der Waals surface area contributed by atoms with Gasteiger partial charge in [0.25, 0.3) is 0 Å². The minimum atomic E-state index is 0.268. The van der Waals surface area contributed by atoms with Crippen LogP contribution < -0.4 is 5.73 Å². The van der Waals surface area contributed by atoms with Crippen LogP contribution in [0, 0.1) is 0 Å². The number of nitrogens with zero attached hydrogens (tertiary/aromatic N) is 1. The molecule has 0 aliphatic rings. The van der Waals surface area contributed by atoms with Crippen LogP contribution >= 0.6 is 11.6 Å². The minimum absolute atomic E-state index is 0.268. The van der Waals surface area contributed by atoms with Crippen LogP contribution in [0.5, 0.6) is 0 Å². The van der Waals surface area contributed by atoms with E-state index in [2.05, 4.69) is 50.9 Å². The van der Waals surface area contributed by atoms with Gasteiger partial charge in [-0.3, -0.25) is 0 Å². The SMILES string of the molecule is CC(C)c1cccc(C(C)C)c1N=C(N)CCl. The van der Waals surface area contributed by atoms with Gasteiger partial charge in [0.15, 0.2) is 0 Å². The molecule has 0 atom stereocenters. The van der Waals surface area contributed by atoms with E-state index in [0.29, 0.717) is 17.7 Å². The first-order valence-corrected chi connectivity index (χ1v) is 6.52. The highest BCUT2D eigenvalue weighted by Crippen LogP contribution is 2.34. The second-order valence-corrected chi connectivity index (χ2v) is 5.10. The van der Waals surface area contributed by atoms with Crippen molar-refractivity contribution in [3.05, 3.63) is 29.3 Å². The molecular formula is C14H21ClN2. The van der Waals surface area contributed by atoms with Crippen LogP contribution in [0.2, 0.25) is 0 Å². The average molecular weight is 253 g/mol. The van der Waals surface area contributed by atoms with Gasteiger partial charge in [0.05, 0.1) is 11.6 Å². The van der Waals surface area contributed by atoms with E-state index in [1.807, 2.05) is 0 Å². The van der Waals surface area contributed by atoms with Crippen molar-refractivity contribution in [3.8, 4) is 0 Å². The summed E-state index contributed by atoms with van der Waals surface area (Å²) in [6.07, 6.45) is 0. The summed E-state index contributed by atoms with van der Waals surface area (Å²) < 4.78 is 0. The lowest BCUT2D eigenvalue weighted by molar-refractivity contribution is 0.834. The Labute approximate surface area is 109 Å². The zero-order valence-corrected chi connectivity index (χ0v) is 11.8. The summed E-state index contributed by atoms with van der Waals surface area (Å²) in [5.74, 6) is 1.59. The molecule has 0 fully saturated rings. The number of amidine groups is 1. The molecule has 1 rings (SSSR count). The molecule has 0 saturated carbocycles. The summed E-state index contributed by atoms with van der Waals surface area (Å²) in [6.45, 7) is 8.65. The number of hydrogen-bond donors (Lipinski definition) is 1. The van der Waals surface area contributed by atoms with Crippen LogP contribution in [0.25, 0.3) is 0 Å². The van der Waals surface area contributed by atoms with Crippen LogP contribution in [0.3, 0.4) is 0 Å². The smallest absolute Gasteiger partial charge is 0.115 e. The maximum Gasteiger partial charge on any atom is 0.115 e. The van der Waals surface area contributed by atoms with Gasteiger partial charge in [-0.2, -0.15) is 0 Å². The van der Waals surface area contributed by atoms with Crippen molar-refractivity contribution in [3.63, 3.8) is 0 Å². The molecule has 3 heteroatoms. The third-order valence-corrected chi connectivity index (χ3v) is 3.01. The number of nitrogens with two attached hydrogens (primary N) is 1. The summed E-state index contributed by atoms with van der Waals surface area (Å²) in [7, 11) is 0. The zero-order chi connectivity index (χ0) is 13.0. The summed E-state index contributed by atoms with van der Waals surface area (Å²) >= 11 is 5.71. The molecule has 0 aliphatic heterocycles. The average Bonchev–Trinajstić information content (AvgIpc) is 2.28. The number of rotatable bonds is 4. The molecular weight excluding hydrogens is 232 g/mol. The molecule has 0 amide bonds. The summed E-state index contributed by atoms with van der Waals surface area (Å²) in [4.78, 5) is 4.48. The van der Waals surface area contributed by atoms with Gasteiger partial charge in [0.1, 0.15) is 5.84 Å². The third-order valence-electron chi connectivity index (χ3n) is 2.73. The fourth-order valence-corrected chi connectivity index (χ4v) is 1.87. The van der Waals surface area contributed by atoms with Crippen LogP contribution in [-0.2, 0) is 0 Å². The molecule has 1 aromatic rings. The molecule has 0 unspecified atom stereocenters. The van der Waals surface area contributed by atoms with Gasteiger partial charge >= 0.3 is 0 Å². The van der Waals surface area contributed by atoms with Crippen LogP contribution in [0.4, 0.5) is 5.69 Å². The Balaban J connectivity index is 3.39. The summed E-state index contributed by atoms with van der Waals surface area (Å²) in [5.41, 5.74) is 9.21. The second kappa shape index (κ2) is 6.06. The molecule has 1 aromatic carbocycles. The molecule has 0 aromatic heterocycles. The highest BCUT2D eigenvalue weighted by atomic mass is 35.5. The lowest BCUT2D eigenvalue weighted by atomic mass is 9.93. The van der Waals surface area contributed by atoms with Crippen molar-refractivity contribution >= 4 is 23.1 Å². The Morgan fingerprint density at radius 3 is 2.00 bits per heavy atom. The molecule has 0 heterocycles. The van der Waals surface area contributed by atoms with Crippen molar-refractivity contribution in [2.24, 2.45) is 10.7 Å². The fraction of sp³-hybridized carbons (Fsp3) is 0.500. The van der Waals surface area contributed by atoms with Gasteiger partial charge in [-0.1, -0.05) is 45.9 Å². The Hall–Kier alpha value is -1.02. The topological polar surface area (TPSA) is 38.4 Å². The molecule has 0 saturated heterocycles. The number of para-hydroxylation sites is 1. The lowest BCUT2D eigenvalue weighted by Crippen LogP contribution is -2.13. The monoisotopic (exact) mass is 252 g/mol. The Morgan fingerprint density at radius 1 is 1.18 bits per heavy atom. The van der Waals surface area contributed by atoms with E-state index in [0.717, 1.165) is 5.69 Å². The lowest BCUT2D eigenvalue weighted by Gasteiger charge is -2.16. The third kappa shape index (κ3) is 3.47. The molecule has 0 radical (unpaired) electrons. The van der Waals surface area contributed by atoms with E-state index in [1.165, 1.54) is 11.1 Å². The van der Waals surface area contributed by atoms with Gasteiger partial charge < -0.3 is 5.73 Å². The van der Waals surface area contributed by atoms with Crippen molar-refractivity contribution < 1.29 is 0 Å². The Bertz CT molecular complexity index is 382. The quantitative estimate of drug-likeness (QED) is 0.488. The van der Waals surface area contributed by atoms with Gasteiger partial charge in [-0.25, -0.2) is 4.99 Å². The van der Waals surface area contributed by atoms with E-state index in [4.69, 9.17) is 17.3 Å². The number of hydrogen-bond acceptors (Lipinski definition) is 1. The number of aliphatic imine (C=N–C) groups is 1. The zero-order valence-electron chi connectivity index (χ0n) is 11.0. The normalized spacial score (nSPS) is 12.5. The molecule has 94 valence electrons. The molecule has 0 bridgehead atoms. The van der Waals surface area contributed by atoms with Crippen molar-refractivity contribution in [1.29, 1.82) is 0 Å². The molecule has 0 spiro atoms. The van der Waals surface area contributed by atoms with Crippen LogP contribution in [0.15, 0.2) is 23.2 Å². The van der Waals surface area contributed by atoms with E-state index >= 15 is 0 Å². The Morgan fingerprint density at radius 2 is 1.65 bits per heavy atom. The van der Waals surface area contributed by atoms with E-state index in [1.54, 1.807) is 0 Å². The molecule has 0 aliphatic carbocycles. The minimum Gasteiger partial charge on any atom is -0.386 e. The van der Waals surface area contributed by atoms with E-state index in [-0.39, 0.29) is 5.88 Å².